The van der Waals surface area contributed by atoms with Crippen molar-refractivity contribution in [1.29, 1.82) is 0 Å². The van der Waals surface area contributed by atoms with Crippen molar-refractivity contribution < 1.29 is 22.0 Å². The molecule has 0 aromatic rings. The maximum atomic E-state index is 13.9. The van der Waals surface area contributed by atoms with Crippen LogP contribution < -0.4 is 0 Å². The maximum absolute atomic E-state index is 13.9. The highest BCUT2D eigenvalue weighted by Gasteiger charge is 2.75. The average molecular weight is 228 g/mol. The van der Waals surface area contributed by atoms with Gasteiger partial charge in [-0.15, -0.1) is 0 Å². The molecular weight excluding hydrogens is 215 g/mol. The highest BCUT2D eigenvalue weighted by molar-refractivity contribution is 5.40. The lowest BCUT2D eigenvalue weighted by Crippen LogP contribution is -2.51. The second kappa shape index (κ2) is 3.19. The third-order valence-corrected chi connectivity index (χ3v) is 3.11. The van der Waals surface area contributed by atoms with Gasteiger partial charge in [0.25, 0.3) is 0 Å². The van der Waals surface area contributed by atoms with Gasteiger partial charge < -0.3 is 0 Å². The molecule has 0 aromatic carbocycles. The van der Waals surface area contributed by atoms with E-state index in [1.807, 2.05) is 0 Å². The molecule has 1 aliphatic rings. The van der Waals surface area contributed by atoms with Crippen LogP contribution in [0.15, 0.2) is 11.1 Å². The molecule has 0 saturated heterocycles. The van der Waals surface area contributed by atoms with Crippen molar-refractivity contribution >= 4 is 0 Å². The van der Waals surface area contributed by atoms with Crippen molar-refractivity contribution in [2.45, 2.75) is 51.1 Å². The predicted molar refractivity (Wildman–Crippen MR) is 47.0 cm³/mol. The SMILES string of the molecule is CCCC1(F)C(C)=C(C)C(F)(F)C1(F)F. The zero-order chi connectivity index (χ0) is 12.1. The topological polar surface area (TPSA) is 0 Å². The van der Waals surface area contributed by atoms with Crippen LogP contribution in [0, 0.1) is 0 Å². The van der Waals surface area contributed by atoms with Gasteiger partial charge in [0.15, 0.2) is 0 Å². The normalized spacial score (nSPS) is 33.6. The molecule has 0 saturated carbocycles. The Hall–Kier alpha value is -0.610. The van der Waals surface area contributed by atoms with Gasteiger partial charge in [-0.05, 0) is 25.8 Å². The second-order valence-electron chi connectivity index (χ2n) is 3.95. The fourth-order valence-electron chi connectivity index (χ4n) is 1.94. The van der Waals surface area contributed by atoms with Crippen LogP contribution >= 0.6 is 0 Å². The van der Waals surface area contributed by atoms with Crippen molar-refractivity contribution in [1.82, 2.24) is 0 Å². The fraction of sp³-hybridized carbons (Fsp3) is 0.800. The highest BCUT2D eigenvalue weighted by Crippen LogP contribution is 2.59. The van der Waals surface area contributed by atoms with Crippen molar-refractivity contribution in [2.75, 3.05) is 0 Å². The molecule has 5 heteroatoms. The van der Waals surface area contributed by atoms with Gasteiger partial charge in [0, 0.05) is 5.57 Å². The van der Waals surface area contributed by atoms with Crippen molar-refractivity contribution in [3.63, 3.8) is 0 Å². The summed E-state index contributed by atoms with van der Waals surface area (Å²) in [5.41, 5.74) is -4.57. The number of rotatable bonds is 2. The van der Waals surface area contributed by atoms with Gasteiger partial charge in [-0.25, -0.2) is 4.39 Å². The Morgan fingerprint density at radius 2 is 1.40 bits per heavy atom. The summed E-state index contributed by atoms with van der Waals surface area (Å²) in [7, 11) is 0. The third-order valence-electron chi connectivity index (χ3n) is 3.11. The first kappa shape index (κ1) is 12.5. The Kier molecular flexibility index (Phi) is 2.65. The standard InChI is InChI=1S/C10H13F5/c1-4-5-8(11)6(2)7(3)9(12,13)10(8,14)15/h4-5H2,1-3H3. The molecule has 1 aliphatic carbocycles. The molecule has 0 nitrogen and oxygen atoms in total. The summed E-state index contributed by atoms with van der Waals surface area (Å²) < 4.78 is 66.8. The molecule has 1 atom stereocenters. The predicted octanol–water partition coefficient (Wildman–Crippen LogP) is 4.12. The van der Waals surface area contributed by atoms with Crippen LogP contribution in [0.5, 0.6) is 0 Å². The molecule has 0 spiro atoms. The van der Waals surface area contributed by atoms with E-state index in [0.717, 1.165) is 13.8 Å². The first-order valence-corrected chi connectivity index (χ1v) is 4.76. The van der Waals surface area contributed by atoms with E-state index in [1.54, 1.807) is 0 Å². The zero-order valence-electron chi connectivity index (χ0n) is 8.80. The monoisotopic (exact) mass is 228 g/mol. The lowest BCUT2D eigenvalue weighted by molar-refractivity contribution is -0.230. The Balaban J connectivity index is 3.32. The zero-order valence-corrected chi connectivity index (χ0v) is 8.80. The van der Waals surface area contributed by atoms with E-state index in [0.29, 0.717) is 0 Å². The average Bonchev–Trinajstić information content (AvgIpc) is 2.20. The van der Waals surface area contributed by atoms with Gasteiger partial charge in [-0.3, -0.25) is 0 Å². The molecule has 0 heterocycles. The van der Waals surface area contributed by atoms with E-state index >= 15 is 0 Å². The van der Waals surface area contributed by atoms with Crippen LogP contribution in [-0.2, 0) is 0 Å². The molecule has 1 unspecified atom stereocenters. The van der Waals surface area contributed by atoms with Gasteiger partial charge in [-0.1, -0.05) is 13.3 Å². The van der Waals surface area contributed by atoms with E-state index in [-0.39, 0.29) is 6.42 Å². The van der Waals surface area contributed by atoms with Crippen LogP contribution in [0.2, 0.25) is 0 Å². The molecule has 0 fully saturated rings. The molecular formula is C10H13F5. The van der Waals surface area contributed by atoms with Gasteiger partial charge in [-0.2, -0.15) is 17.6 Å². The molecule has 0 bridgehead atoms. The van der Waals surface area contributed by atoms with E-state index in [1.165, 1.54) is 6.92 Å². The third kappa shape index (κ3) is 1.24. The lowest BCUT2D eigenvalue weighted by Gasteiger charge is -2.31. The van der Waals surface area contributed by atoms with Gasteiger partial charge >= 0.3 is 11.8 Å². The summed E-state index contributed by atoms with van der Waals surface area (Å²) in [6, 6.07) is 0. The molecule has 0 radical (unpaired) electrons. The van der Waals surface area contributed by atoms with Gasteiger partial charge in [0.2, 0.25) is 5.67 Å². The van der Waals surface area contributed by atoms with Crippen LogP contribution in [0.25, 0.3) is 0 Å². The number of hydrogen-bond donors (Lipinski definition) is 0. The van der Waals surface area contributed by atoms with E-state index in [9.17, 15) is 22.0 Å². The molecule has 15 heavy (non-hydrogen) atoms. The van der Waals surface area contributed by atoms with Crippen LogP contribution in [0.1, 0.15) is 33.6 Å². The van der Waals surface area contributed by atoms with E-state index in [2.05, 4.69) is 0 Å². The minimum absolute atomic E-state index is 0.0901. The molecule has 0 N–H and O–H groups in total. The Morgan fingerprint density at radius 1 is 0.933 bits per heavy atom. The smallest absolute Gasteiger partial charge is 0.232 e. The number of allylic oxidation sites excluding steroid dienone is 2. The van der Waals surface area contributed by atoms with Crippen LogP contribution in [0.4, 0.5) is 22.0 Å². The Labute approximate surface area is 85.2 Å². The second-order valence-corrected chi connectivity index (χ2v) is 3.95. The van der Waals surface area contributed by atoms with E-state index < -0.39 is 35.1 Å². The Morgan fingerprint density at radius 3 is 1.67 bits per heavy atom. The summed E-state index contributed by atoms with van der Waals surface area (Å²) in [5, 5.41) is 0. The largest absolute Gasteiger partial charge is 0.351 e. The lowest BCUT2D eigenvalue weighted by atomic mass is 9.90. The fourth-order valence-corrected chi connectivity index (χ4v) is 1.94. The molecule has 88 valence electrons. The first-order chi connectivity index (χ1) is 6.63. The molecule has 0 aromatic heterocycles. The summed E-state index contributed by atoms with van der Waals surface area (Å²) >= 11 is 0. The maximum Gasteiger partial charge on any atom is 0.351 e. The molecule has 0 aliphatic heterocycles. The van der Waals surface area contributed by atoms with Crippen molar-refractivity contribution in [2.24, 2.45) is 0 Å². The van der Waals surface area contributed by atoms with Gasteiger partial charge in [0.05, 0.1) is 0 Å². The van der Waals surface area contributed by atoms with Crippen LogP contribution in [-0.4, -0.2) is 17.5 Å². The summed E-state index contributed by atoms with van der Waals surface area (Å²) in [4.78, 5) is 0. The van der Waals surface area contributed by atoms with E-state index in [4.69, 9.17) is 0 Å². The minimum atomic E-state index is -4.63. The van der Waals surface area contributed by atoms with Crippen molar-refractivity contribution in [3.8, 4) is 0 Å². The Bertz CT molecular complexity index is 305. The van der Waals surface area contributed by atoms with Crippen LogP contribution in [0.3, 0.4) is 0 Å². The van der Waals surface area contributed by atoms with Crippen molar-refractivity contribution in [3.05, 3.63) is 11.1 Å². The summed E-state index contributed by atoms with van der Waals surface area (Å²) in [6.07, 6.45) is -0.494. The number of alkyl halides is 5. The number of hydrogen-bond acceptors (Lipinski definition) is 0. The summed E-state index contributed by atoms with van der Waals surface area (Å²) in [6.45, 7) is 3.36. The van der Waals surface area contributed by atoms with Gasteiger partial charge in [0.1, 0.15) is 0 Å². The minimum Gasteiger partial charge on any atom is -0.232 e. The number of halogens is 5. The molecule has 1 rings (SSSR count). The first-order valence-electron chi connectivity index (χ1n) is 4.76. The molecule has 0 amide bonds. The summed E-state index contributed by atoms with van der Waals surface area (Å²) in [5.74, 6) is -9.01. The highest BCUT2D eigenvalue weighted by atomic mass is 19.3. The quantitative estimate of drug-likeness (QED) is 0.492.